The maximum absolute atomic E-state index is 13.3. The highest BCUT2D eigenvalue weighted by Crippen LogP contribution is 2.24. The first-order chi connectivity index (χ1) is 9.90. The molecule has 0 aromatic heterocycles. The third-order valence-corrected chi connectivity index (χ3v) is 2.45. The number of rotatable bonds is 3. The van der Waals surface area contributed by atoms with Crippen LogP contribution in [-0.4, -0.2) is 6.21 Å². The van der Waals surface area contributed by atoms with Crippen molar-refractivity contribution in [1.29, 1.82) is 0 Å². The van der Waals surface area contributed by atoms with Crippen molar-refractivity contribution in [2.24, 2.45) is 5.10 Å². The number of hydrogen-bond acceptors (Lipinski definition) is 2. The van der Waals surface area contributed by atoms with E-state index in [0.29, 0.717) is 6.07 Å². The largest absolute Gasteiger partial charge is 0.272 e. The van der Waals surface area contributed by atoms with Crippen LogP contribution in [0.5, 0.6) is 0 Å². The Labute approximate surface area is 114 Å². The minimum atomic E-state index is -1.68. The summed E-state index contributed by atoms with van der Waals surface area (Å²) in [5.74, 6) is -8.36. The van der Waals surface area contributed by atoms with Crippen molar-refractivity contribution in [3.05, 3.63) is 64.7 Å². The summed E-state index contributed by atoms with van der Waals surface area (Å²) in [6.45, 7) is 0. The molecule has 0 unspecified atom stereocenters. The molecule has 0 atom stereocenters. The molecule has 8 heteroatoms. The molecule has 0 spiro atoms. The summed E-state index contributed by atoms with van der Waals surface area (Å²) in [7, 11) is 0. The standard InChI is InChI=1S/C13H6F6N2/c14-7-2-1-6(8(15)3-7)5-20-21-13-11(18)9(16)4-10(17)12(13)19/h1-5,21H. The van der Waals surface area contributed by atoms with Gasteiger partial charge in [0.2, 0.25) is 0 Å². The normalized spacial score (nSPS) is 11.1. The molecule has 0 amide bonds. The maximum atomic E-state index is 13.3. The van der Waals surface area contributed by atoms with Gasteiger partial charge in [-0.15, -0.1) is 0 Å². The molecule has 110 valence electrons. The van der Waals surface area contributed by atoms with Crippen LogP contribution in [0.3, 0.4) is 0 Å². The average molecular weight is 304 g/mol. The molecule has 0 saturated heterocycles. The minimum Gasteiger partial charge on any atom is -0.272 e. The average Bonchev–Trinajstić information content (AvgIpc) is 2.42. The number of nitrogens with one attached hydrogen (secondary N) is 1. The Balaban J connectivity index is 2.26. The molecule has 2 aromatic carbocycles. The molecule has 0 aliphatic heterocycles. The fourth-order valence-corrected chi connectivity index (χ4v) is 1.44. The highest BCUT2D eigenvalue weighted by molar-refractivity contribution is 5.80. The van der Waals surface area contributed by atoms with Gasteiger partial charge in [-0.25, -0.2) is 26.3 Å². The van der Waals surface area contributed by atoms with E-state index in [0.717, 1.165) is 18.3 Å². The Morgan fingerprint density at radius 3 is 2.00 bits per heavy atom. The van der Waals surface area contributed by atoms with Crippen molar-refractivity contribution in [3.63, 3.8) is 0 Å². The number of benzene rings is 2. The summed E-state index contributed by atoms with van der Waals surface area (Å²) in [6, 6.07) is 2.58. The predicted molar refractivity (Wildman–Crippen MR) is 63.8 cm³/mol. The van der Waals surface area contributed by atoms with Crippen molar-refractivity contribution < 1.29 is 26.3 Å². The second-order valence-electron chi connectivity index (χ2n) is 3.88. The van der Waals surface area contributed by atoms with Crippen LogP contribution in [0.4, 0.5) is 32.0 Å². The zero-order chi connectivity index (χ0) is 15.6. The van der Waals surface area contributed by atoms with Crippen molar-refractivity contribution in [2.75, 3.05) is 5.43 Å². The fourth-order valence-electron chi connectivity index (χ4n) is 1.44. The zero-order valence-corrected chi connectivity index (χ0v) is 10.1. The number of nitrogens with zero attached hydrogens (tertiary/aromatic N) is 1. The quantitative estimate of drug-likeness (QED) is 0.394. The molecule has 2 aromatic rings. The SMILES string of the molecule is Fc1ccc(C=NNc2c(F)c(F)cc(F)c2F)c(F)c1. The van der Waals surface area contributed by atoms with Crippen molar-refractivity contribution in [2.45, 2.75) is 0 Å². The molecule has 0 fully saturated rings. The summed E-state index contributed by atoms with van der Waals surface area (Å²) >= 11 is 0. The van der Waals surface area contributed by atoms with E-state index in [1.54, 1.807) is 5.43 Å². The molecule has 0 aliphatic rings. The van der Waals surface area contributed by atoms with Crippen molar-refractivity contribution >= 4 is 11.9 Å². The number of halogens is 6. The molecule has 2 rings (SSSR count). The second-order valence-corrected chi connectivity index (χ2v) is 3.88. The molecule has 1 N–H and O–H groups in total. The molecular weight excluding hydrogens is 298 g/mol. The van der Waals surface area contributed by atoms with E-state index in [4.69, 9.17) is 0 Å². The van der Waals surface area contributed by atoms with Crippen LogP contribution >= 0.6 is 0 Å². The first-order valence-corrected chi connectivity index (χ1v) is 5.47. The third-order valence-electron chi connectivity index (χ3n) is 2.45. The van der Waals surface area contributed by atoms with Crippen LogP contribution in [0.25, 0.3) is 0 Å². The Morgan fingerprint density at radius 2 is 1.43 bits per heavy atom. The topological polar surface area (TPSA) is 24.4 Å². The van der Waals surface area contributed by atoms with Gasteiger partial charge < -0.3 is 0 Å². The van der Waals surface area contributed by atoms with E-state index in [2.05, 4.69) is 5.10 Å². The Bertz CT molecular complexity index is 688. The Kier molecular flexibility index (Phi) is 4.15. The second kappa shape index (κ2) is 5.86. The lowest BCUT2D eigenvalue weighted by Gasteiger charge is -2.05. The smallest absolute Gasteiger partial charge is 0.186 e. The van der Waals surface area contributed by atoms with Crippen LogP contribution < -0.4 is 5.43 Å². The minimum absolute atomic E-state index is 0.0409. The van der Waals surface area contributed by atoms with Crippen molar-refractivity contribution in [1.82, 2.24) is 0 Å². The summed E-state index contributed by atoms with van der Waals surface area (Å²) in [5, 5.41) is 3.26. The van der Waals surface area contributed by atoms with E-state index in [-0.39, 0.29) is 11.6 Å². The number of hydrazone groups is 1. The van der Waals surface area contributed by atoms with Gasteiger partial charge in [0.05, 0.1) is 6.21 Å². The van der Waals surface area contributed by atoms with Gasteiger partial charge in [-0.05, 0) is 12.1 Å². The van der Waals surface area contributed by atoms with Crippen LogP contribution in [0, 0.1) is 34.9 Å². The van der Waals surface area contributed by atoms with E-state index in [9.17, 15) is 26.3 Å². The molecule has 0 saturated carbocycles. The highest BCUT2D eigenvalue weighted by Gasteiger charge is 2.18. The van der Waals surface area contributed by atoms with E-state index in [1.807, 2.05) is 0 Å². The van der Waals surface area contributed by atoms with Crippen LogP contribution in [0.15, 0.2) is 29.4 Å². The summed E-state index contributed by atoms with van der Waals surface area (Å²) in [6.07, 6.45) is 0.774. The number of hydrogen-bond donors (Lipinski definition) is 1. The molecule has 0 radical (unpaired) electrons. The first kappa shape index (κ1) is 14.9. The van der Waals surface area contributed by atoms with E-state index in [1.165, 1.54) is 0 Å². The number of anilines is 1. The summed E-state index contributed by atoms with van der Waals surface area (Å²) in [5.41, 5.74) is 0.378. The zero-order valence-electron chi connectivity index (χ0n) is 10.1. The van der Waals surface area contributed by atoms with Crippen LogP contribution in [0.1, 0.15) is 5.56 Å². The molecule has 0 heterocycles. The van der Waals surface area contributed by atoms with E-state index >= 15 is 0 Å². The van der Waals surface area contributed by atoms with Crippen LogP contribution in [0.2, 0.25) is 0 Å². The van der Waals surface area contributed by atoms with Gasteiger partial charge in [-0.1, -0.05) is 0 Å². The molecule has 0 bridgehead atoms. The van der Waals surface area contributed by atoms with Gasteiger partial charge in [0.15, 0.2) is 23.3 Å². The molecular formula is C13H6F6N2. The first-order valence-electron chi connectivity index (χ1n) is 5.47. The molecule has 2 nitrogen and oxygen atoms in total. The molecule has 21 heavy (non-hydrogen) atoms. The fraction of sp³-hybridized carbons (Fsp3) is 0. The van der Waals surface area contributed by atoms with Crippen molar-refractivity contribution in [3.8, 4) is 0 Å². The highest BCUT2D eigenvalue weighted by atomic mass is 19.2. The van der Waals surface area contributed by atoms with Gasteiger partial charge in [0.25, 0.3) is 0 Å². The lowest BCUT2D eigenvalue weighted by Crippen LogP contribution is -2.03. The monoisotopic (exact) mass is 304 g/mol. The Hall–Kier alpha value is -2.51. The van der Waals surface area contributed by atoms with Crippen LogP contribution in [-0.2, 0) is 0 Å². The van der Waals surface area contributed by atoms with Gasteiger partial charge >= 0.3 is 0 Å². The summed E-state index contributed by atoms with van der Waals surface area (Å²) < 4.78 is 78.2. The van der Waals surface area contributed by atoms with Gasteiger partial charge in [0.1, 0.15) is 17.3 Å². The van der Waals surface area contributed by atoms with Gasteiger partial charge in [0, 0.05) is 17.7 Å². The molecule has 0 aliphatic carbocycles. The maximum Gasteiger partial charge on any atom is 0.186 e. The Morgan fingerprint density at radius 1 is 0.810 bits per heavy atom. The van der Waals surface area contributed by atoms with E-state index < -0.39 is 40.6 Å². The van der Waals surface area contributed by atoms with Gasteiger partial charge in [-0.2, -0.15) is 5.10 Å². The lowest BCUT2D eigenvalue weighted by atomic mass is 10.2. The van der Waals surface area contributed by atoms with Gasteiger partial charge in [-0.3, -0.25) is 5.43 Å². The lowest BCUT2D eigenvalue weighted by molar-refractivity contribution is 0.458. The summed E-state index contributed by atoms with van der Waals surface area (Å²) in [4.78, 5) is 0. The predicted octanol–water partition coefficient (Wildman–Crippen LogP) is 3.97. The third kappa shape index (κ3) is 3.15.